The second-order valence-corrected chi connectivity index (χ2v) is 3.94. The maximum Gasteiger partial charge on any atom is 0.172 e. The number of hydrogen-bond donors (Lipinski definition) is 0. The van der Waals surface area contributed by atoms with Gasteiger partial charge in [0.2, 0.25) is 0 Å². The van der Waals surface area contributed by atoms with Gasteiger partial charge in [0, 0.05) is 50.8 Å². The summed E-state index contributed by atoms with van der Waals surface area (Å²) in [7, 11) is 0. The average Bonchev–Trinajstić information content (AvgIpc) is 2.79. The molecule has 3 aromatic rings. The van der Waals surface area contributed by atoms with Crippen molar-refractivity contribution >= 4 is 5.65 Å². The number of rotatable bonds is 1. The standard InChI is InChI=1S/C14H10FN2.CH3.Y/c1-10-7-8-17-12(9-16-14(17)13(10)15)11-5-3-2-4-6-11;;/h2-3,5-9H,1H3;1H3;/q2*-1;. The molecule has 0 bridgehead atoms. The number of aryl methyl sites for hydroxylation is 1. The number of hydrogen-bond acceptors (Lipinski definition) is 1. The summed E-state index contributed by atoms with van der Waals surface area (Å²) < 4.78 is 15.6. The Bertz CT molecular complexity index is 677. The number of benzene rings is 1. The molecule has 1 aromatic carbocycles. The number of pyridine rings is 1. The molecule has 0 atom stereocenters. The first kappa shape index (κ1) is 16.0. The van der Waals surface area contributed by atoms with Crippen LogP contribution in [0.3, 0.4) is 0 Å². The van der Waals surface area contributed by atoms with Crippen molar-refractivity contribution in [3.8, 4) is 11.3 Å². The molecule has 0 unspecified atom stereocenters. The van der Waals surface area contributed by atoms with Crippen molar-refractivity contribution in [1.82, 2.24) is 9.38 Å². The van der Waals surface area contributed by atoms with E-state index in [1.54, 1.807) is 23.6 Å². The first-order valence-electron chi connectivity index (χ1n) is 5.36. The van der Waals surface area contributed by atoms with Crippen LogP contribution in [0.25, 0.3) is 16.9 Å². The predicted molar refractivity (Wildman–Crippen MR) is 70.6 cm³/mol. The molecule has 4 heteroatoms. The summed E-state index contributed by atoms with van der Waals surface area (Å²) in [5, 5.41) is 0. The minimum atomic E-state index is -0.265. The van der Waals surface area contributed by atoms with Crippen molar-refractivity contribution in [3.63, 3.8) is 0 Å². The molecule has 1 radical (unpaired) electrons. The molecule has 2 nitrogen and oxygen atoms in total. The van der Waals surface area contributed by atoms with Gasteiger partial charge in [0.1, 0.15) is 0 Å². The summed E-state index contributed by atoms with van der Waals surface area (Å²) in [5.41, 5.74) is 2.82. The van der Waals surface area contributed by atoms with Crippen LogP contribution in [0.4, 0.5) is 4.39 Å². The van der Waals surface area contributed by atoms with Crippen LogP contribution in [0, 0.1) is 26.2 Å². The maximum absolute atomic E-state index is 13.8. The van der Waals surface area contributed by atoms with Crippen molar-refractivity contribution < 1.29 is 37.1 Å². The fourth-order valence-corrected chi connectivity index (χ4v) is 1.88. The Morgan fingerprint density at radius 3 is 2.79 bits per heavy atom. The summed E-state index contributed by atoms with van der Waals surface area (Å²) in [6.45, 7) is 1.74. The smallest absolute Gasteiger partial charge is 0.172 e. The van der Waals surface area contributed by atoms with E-state index in [9.17, 15) is 4.39 Å². The van der Waals surface area contributed by atoms with Gasteiger partial charge in [0.15, 0.2) is 11.5 Å². The molecule has 0 saturated carbocycles. The van der Waals surface area contributed by atoms with Crippen LogP contribution >= 0.6 is 0 Å². The van der Waals surface area contributed by atoms with E-state index in [0.29, 0.717) is 11.2 Å². The van der Waals surface area contributed by atoms with E-state index < -0.39 is 0 Å². The Labute approximate surface area is 137 Å². The van der Waals surface area contributed by atoms with E-state index in [2.05, 4.69) is 11.1 Å². The largest absolute Gasteiger partial charge is 0.358 e. The second-order valence-electron chi connectivity index (χ2n) is 3.94. The molecule has 0 fully saturated rings. The quantitative estimate of drug-likeness (QED) is 0.623. The SMILES string of the molecule is Cc1ccn2c(-c3c[c-]ccc3)cnc2c1F.[CH3-].[Y]. The van der Waals surface area contributed by atoms with Gasteiger partial charge < -0.3 is 11.8 Å². The van der Waals surface area contributed by atoms with Crippen LogP contribution in [0.1, 0.15) is 5.56 Å². The van der Waals surface area contributed by atoms with Gasteiger partial charge in [-0.3, -0.25) is 0 Å². The molecule has 19 heavy (non-hydrogen) atoms. The molecular formula is C15H13FN2Y-2. The van der Waals surface area contributed by atoms with Gasteiger partial charge in [-0.05, 0) is 18.6 Å². The molecule has 0 saturated heterocycles. The third-order valence-corrected chi connectivity index (χ3v) is 2.82. The molecule has 0 spiro atoms. The van der Waals surface area contributed by atoms with Gasteiger partial charge in [0.25, 0.3) is 0 Å². The van der Waals surface area contributed by atoms with Crippen LogP contribution in [0.2, 0.25) is 0 Å². The fraction of sp³-hybridized carbons (Fsp3) is 0.0667. The molecule has 0 aliphatic heterocycles. The monoisotopic (exact) mass is 329 g/mol. The Hall–Kier alpha value is -1.06. The van der Waals surface area contributed by atoms with E-state index in [4.69, 9.17) is 0 Å². The zero-order valence-corrected chi connectivity index (χ0v) is 13.7. The molecule has 3 rings (SSSR count). The average molecular weight is 329 g/mol. The molecule has 0 aliphatic carbocycles. The van der Waals surface area contributed by atoms with E-state index in [-0.39, 0.29) is 46.0 Å². The third kappa shape index (κ3) is 2.77. The first-order chi connectivity index (χ1) is 8.27. The van der Waals surface area contributed by atoms with Crippen molar-refractivity contribution in [2.24, 2.45) is 0 Å². The van der Waals surface area contributed by atoms with E-state index in [1.807, 2.05) is 30.5 Å². The van der Waals surface area contributed by atoms with Gasteiger partial charge in [0.05, 0.1) is 0 Å². The summed E-state index contributed by atoms with van der Waals surface area (Å²) in [6, 6.07) is 12.3. The van der Waals surface area contributed by atoms with E-state index >= 15 is 0 Å². The summed E-state index contributed by atoms with van der Waals surface area (Å²) in [6.07, 6.45) is 3.52. The Morgan fingerprint density at radius 1 is 1.32 bits per heavy atom. The van der Waals surface area contributed by atoms with Gasteiger partial charge in [-0.2, -0.15) is 30.3 Å². The molecule has 0 N–H and O–H groups in total. The summed E-state index contributed by atoms with van der Waals surface area (Å²) in [4.78, 5) is 4.13. The minimum Gasteiger partial charge on any atom is -0.358 e. The van der Waals surface area contributed by atoms with Crippen molar-refractivity contribution in [1.29, 1.82) is 0 Å². The number of nitrogens with zero attached hydrogens (tertiary/aromatic N) is 2. The van der Waals surface area contributed by atoms with Crippen molar-refractivity contribution in [2.75, 3.05) is 0 Å². The van der Waals surface area contributed by atoms with Gasteiger partial charge >= 0.3 is 0 Å². The topological polar surface area (TPSA) is 17.3 Å². The Morgan fingerprint density at radius 2 is 2.11 bits per heavy atom. The molecule has 95 valence electrons. The Balaban J connectivity index is 0.000000902. The Kier molecular flexibility index (Phi) is 5.39. The van der Waals surface area contributed by atoms with Crippen LogP contribution in [-0.2, 0) is 32.7 Å². The van der Waals surface area contributed by atoms with Gasteiger partial charge in [-0.25, -0.2) is 9.37 Å². The number of aromatic nitrogens is 2. The van der Waals surface area contributed by atoms with Crippen molar-refractivity contribution in [3.05, 3.63) is 67.6 Å². The molecule has 0 aliphatic rings. The van der Waals surface area contributed by atoms with Crippen LogP contribution in [-0.4, -0.2) is 9.38 Å². The number of imidazole rings is 1. The van der Waals surface area contributed by atoms with Crippen LogP contribution in [0.5, 0.6) is 0 Å². The zero-order valence-electron chi connectivity index (χ0n) is 10.9. The van der Waals surface area contributed by atoms with Crippen LogP contribution in [0.15, 0.2) is 42.7 Å². The molecule has 0 amide bonds. The minimum absolute atomic E-state index is 0. The summed E-state index contributed by atoms with van der Waals surface area (Å²) >= 11 is 0. The predicted octanol–water partition coefficient (Wildman–Crippen LogP) is 3.70. The normalized spacial score (nSPS) is 9.79. The maximum atomic E-state index is 13.8. The molecule has 2 heterocycles. The van der Waals surface area contributed by atoms with Gasteiger partial charge in [-0.15, -0.1) is 5.56 Å². The second kappa shape index (κ2) is 6.40. The van der Waals surface area contributed by atoms with E-state index in [0.717, 1.165) is 11.3 Å². The third-order valence-electron chi connectivity index (χ3n) is 2.82. The molecule has 2 aromatic heterocycles. The molecular weight excluding hydrogens is 316 g/mol. The first-order valence-corrected chi connectivity index (χ1v) is 5.36. The van der Waals surface area contributed by atoms with Crippen molar-refractivity contribution in [2.45, 2.75) is 6.92 Å². The fourth-order valence-electron chi connectivity index (χ4n) is 1.88. The van der Waals surface area contributed by atoms with Crippen LogP contribution < -0.4 is 0 Å². The summed E-state index contributed by atoms with van der Waals surface area (Å²) in [5.74, 6) is -0.265. The van der Waals surface area contributed by atoms with E-state index in [1.165, 1.54) is 0 Å². The number of fused-ring (bicyclic) bond motifs is 1. The number of halogens is 1. The van der Waals surface area contributed by atoms with Gasteiger partial charge in [-0.1, -0.05) is 0 Å². The zero-order chi connectivity index (χ0) is 11.8.